The Hall–Kier alpha value is -2.76. The van der Waals surface area contributed by atoms with E-state index in [2.05, 4.69) is 18.0 Å². The average molecular weight is 398 g/mol. The second kappa shape index (κ2) is 10.1. The van der Waals surface area contributed by atoms with E-state index in [1.807, 2.05) is 18.2 Å². The maximum atomic E-state index is 11.8. The number of hydrogen-bond donors (Lipinski definition) is 2. The summed E-state index contributed by atoms with van der Waals surface area (Å²) in [7, 11) is 0. The van der Waals surface area contributed by atoms with E-state index in [9.17, 15) is 9.59 Å². The normalized spacial score (nSPS) is 15.4. The summed E-state index contributed by atoms with van der Waals surface area (Å²) in [5.74, 6) is 1.40. The van der Waals surface area contributed by atoms with Crippen molar-refractivity contribution >= 4 is 16.9 Å². The second-order valence-corrected chi connectivity index (χ2v) is 7.84. The Morgan fingerprint density at radius 1 is 1.24 bits per heavy atom. The molecule has 2 aromatic rings. The second-order valence-electron chi connectivity index (χ2n) is 7.84. The molecule has 1 aromatic carbocycles. The third kappa shape index (κ3) is 6.11. The number of nitrogens with zero attached hydrogens (tertiary/aromatic N) is 1. The summed E-state index contributed by atoms with van der Waals surface area (Å²) >= 11 is 0. The van der Waals surface area contributed by atoms with Crippen LogP contribution in [0, 0.1) is 5.92 Å². The molecule has 0 bridgehead atoms. The number of allylic oxidation sites excluding steroid dienone is 1. The van der Waals surface area contributed by atoms with Crippen LogP contribution in [0.3, 0.4) is 0 Å². The molecule has 156 valence electrons. The van der Waals surface area contributed by atoms with Crippen molar-refractivity contribution in [1.29, 1.82) is 0 Å². The van der Waals surface area contributed by atoms with Gasteiger partial charge >= 0.3 is 6.03 Å². The highest BCUT2D eigenvalue weighted by Crippen LogP contribution is 2.29. The topological polar surface area (TPSA) is 88.4 Å². The van der Waals surface area contributed by atoms with Crippen LogP contribution in [0.2, 0.25) is 0 Å². The minimum absolute atomic E-state index is 0.120. The molecule has 0 saturated heterocycles. The molecule has 1 saturated carbocycles. The Balaban J connectivity index is 1.47. The number of ether oxygens (including phenoxy) is 1. The average Bonchev–Trinajstić information content (AvgIpc) is 2.73. The minimum Gasteiger partial charge on any atom is -0.494 e. The standard InChI is InChI=1S/C23H31N3O3/c1-17(18-6-3-2-4-7-18)12-14-26(23(24)28)13-5-15-29-20-9-10-21-19(16-20)8-11-22(27)25-21/h8-12,16,18H,2-7,13-15H2,1H3,(H2,24,28)(H,25,27). The SMILES string of the molecule is CC(=CCN(CCCOc1ccc2[nH]c(=O)ccc2c1)C(N)=O)C1CCCCC1. The van der Waals surface area contributed by atoms with Crippen LogP contribution in [-0.2, 0) is 0 Å². The molecule has 0 radical (unpaired) electrons. The van der Waals surface area contributed by atoms with Gasteiger partial charge in [0.15, 0.2) is 0 Å². The molecule has 0 atom stereocenters. The van der Waals surface area contributed by atoms with Crippen molar-refractivity contribution in [3.63, 3.8) is 0 Å². The number of aromatic nitrogens is 1. The number of carbonyl (C=O) groups excluding carboxylic acids is 1. The number of pyridine rings is 1. The Kier molecular flexibility index (Phi) is 7.33. The number of primary amides is 1. The molecule has 29 heavy (non-hydrogen) atoms. The third-order valence-corrected chi connectivity index (χ3v) is 5.73. The third-order valence-electron chi connectivity index (χ3n) is 5.73. The molecule has 2 amide bonds. The molecule has 3 rings (SSSR count). The van der Waals surface area contributed by atoms with Crippen molar-refractivity contribution in [1.82, 2.24) is 9.88 Å². The Morgan fingerprint density at radius 2 is 2.03 bits per heavy atom. The first kappa shape index (κ1) is 21.0. The smallest absolute Gasteiger partial charge is 0.315 e. The molecule has 1 aliphatic rings. The van der Waals surface area contributed by atoms with Crippen LogP contribution >= 0.6 is 0 Å². The van der Waals surface area contributed by atoms with Gasteiger partial charge in [-0.3, -0.25) is 4.79 Å². The van der Waals surface area contributed by atoms with E-state index < -0.39 is 6.03 Å². The fourth-order valence-corrected chi connectivity index (χ4v) is 3.94. The van der Waals surface area contributed by atoms with Crippen LogP contribution in [0.25, 0.3) is 10.9 Å². The van der Waals surface area contributed by atoms with Crippen molar-refractivity contribution in [3.8, 4) is 5.75 Å². The van der Waals surface area contributed by atoms with E-state index in [-0.39, 0.29) is 5.56 Å². The largest absolute Gasteiger partial charge is 0.494 e. The van der Waals surface area contributed by atoms with Crippen molar-refractivity contribution in [2.75, 3.05) is 19.7 Å². The molecule has 6 heteroatoms. The van der Waals surface area contributed by atoms with Gasteiger partial charge in [-0.25, -0.2) is 4.79 Å². The lowest BCUT2D eigenvalue weighted by molar-refractivity contribution is 0.206. The fourth-order valence-electron chi connectivity index (χ4n) is 3.94. The van der Waals surface area contributed by atoms with Crippen LogP contribution in [-0.4, -0.2) is 35.6 Å². The summed E-state index contributed by atoms with van der Waals surface area (Å²) in [4.78, 5) is 27.6. The number of urea groups is 1. The highest BCUT2D eigenvalue weighted by Gasteiger charge is 2.15. The van der Waals surface area contributed by atoms with Gasteiger partial charge < -0.3 is 20.4 Å². The molecular formula is C23H31N3O3. The first-order chi connectivity index (χ1) is 14.0. The van der Waals surface area contributed by atoms with Gasteiger partial charge in [0.05, 0.1) is 6.61 Å². The van der Waals surface area contributed by atoms with Gasteiger partial charge in [0.25, 0.3) is 0 Å². The van der Waals surface area contributed by atoms with Crippen molar-refractivity contribution < 1.29 is 9.53 Å². The van der Waals surface area contributed by atoms with Crippen LogP contribution in [0.1, 0.15) is 45.4 Å². The highest BCUT2D eigenvalue weighted by atomic mass is 16.5. The number of aromatic amines is 1. The zero-order chi connectivity index (χ0) is 20.6. The predicted molar refractivity (Wildman–Crippen MR) is 116 cm³/mol. The molecule has 0 aliphatic heterocycles. The molecule has 6 nitrogen and oxygen atoms in total. The summed E-state index contributed by atoms with van der Waals surface area (Å²) in [6.45, 7) is 3.78. The van der Waals surface area contributed by atoms with Crippen LogP contribution in [0.15, 0.2) is 46.8 Å². The van der Waals surface area contributed by atoms with Crippen molar-refractivity contribution in [2.45, 2.75) is 45.4 Å². The Morgan fingerprint density at radius 3 is 2.79 bits per heavy atom. The van der Waals surface area contributed by atoms with Gasteiger partial charge in [0, 0.05) is 30.1 Å². The molecule has 1 aromatic heterocycles. The van der Waals surface area contributed by atoms with E-state index in [1.165, 1.54) is 43.7 Å². The molecular weight excluding hydrogens is 366 g/mol. The van der Waals surface area contributed by atoms with E-state index in [0.717, 1.165) is 16.7 Å². The predicted octanol–water partition coefficient (Wildman–Crippen LogP) is 4.20. The van der Waals surface area contributed by atoms with Gasteiger partial charge in [0.2, 0.25) is 5.56 Å². The molecule has 0 spiro atoms. The van der Waals surface area contributed by atoms with Crippen LogP contribution in [0.5, 0.6) is 5.75 Å². The fraction of sp³-hybridized carbons (Fsp3) is 0.478. The van der Waals surface area contributed by atoms with E-state index in [4.69, 9.17) is 10.5 Å². The zero-order valence-electron chi connectivity index (χ0n) is 17.2. The molecule has 1 heterocycles. The number of nitrogens with two attached hydrogens (primary N) is 1. The minimum atomic E-state index is -0.396. The number of fused-ring (bicyclic) bond motifs is 1. The summed E-state index contributed by atoms with van der Waals surface area (Å²) < 4.78 is 5.81. The van der Waals surface area contributed by atoms with Crippen molar-refractivity contribution in [2.24, 2.45) is 11.7 Å². The number of nitrogens with one attached hydrogen (secondary N) is 1. The number of hydrogen-bond acceptors (Lipinski definition) is 3. The van der Waals surface area contributed by atoms with Gasteiger partial charge in [-0.2, -0.15) is 0 Å². The molecule has 3 N–H and O–H groups in total. The number of amides is 2. The Bertz CT molecular complexity index is 913. The molecule has 0 unspecified atom stereocenters. The van der Waals surface area contributed by atoms with Gasteiger partial charge in [-0.15, -0.1) is 0 Å². The summed E-state index contributed by atoms with van der Waals surface area (Å²) in [5.41, 5.74) is 7.60. The maximum Gasteiger partial charge on any atom is 0.315 e. The molecule has 1 fully saturated rings. The van der Waals surface area contributed by atoms with Crippen molar-refractivity contribution in [3.05, 3.63) is 52.3 Å². The number of carbonyl (C=O) groups is 1. The summed E-state index contributed by atoms with van der Waals surface area (Å²) in [6.07, 6.45) is 9.31. The lowest BCUT2D eigenvalue weighted by atomic mass is 9.84. The quantitative estimate of drug-likeness (QED) is 0.517. The van der Waals surface area contributed by atoms with E-state index in [1.54, 1.807) is 11.0 Å². The van der Waals surface area contributed by atoms with Crippen LogP contribution in [0.4, 0.5) is 4.79 Å². The summed E-state index contributed by atoms with van der Waals surface area (Å²) in [5, 5.41) is 0.921. The van der Waals surface area contributed by atoms with E-state index in [0.29, 0.717) is 32.0 Å². The van der Waals surface area contributed by atoms with Crippen LogP contribution < -0.4 is 16.0 Å². The van der Waals surface area contributed by atoms with Gasteiger partial charge in [-0.05, 0) is 56.4 Å². The zero-order valence-corrected chi connectivity index (χ0v) is 17.2. The lowest BCUT2D eigenvalue weighted by Crippen LogP contribution is -2.37. The summed E-state index contributed by atoms with van der Waals surface area (Å²) in [6, 6.07) is 8.44. The van der Waals surface area contributed by atoms with E-state index >= 15 is 0 Å². The maximum absolute atomic E-state index is 11.8. The Labute approximate surface area is 171 Å². The monoisotopic (exact) mass is 397 g/mol. The highest BCUT2D eigenvalue weighted by molar-refractivity contribution is 5.79. The van der Waals surface area contributed by atoms with Gasteiger partial charge in [-0.1, -0.05) is 30.9 Å². The number of H-pyrrole nitrogens is 1. The van der Waals surface area contributed by atoms with Gasteiger partial charge in [0.1, 0.15) is 5.75 Å². The lowest BCUT2D eigenvalue weighted by Gasteiger charge is -2.24. The molecule has 1 aliphatic carbocycles. The number of benzene rings is 1. The first-order valence-electron chi connectivity index (χ1n) is 10.5. The number of rotatable bonds is 8. The first-order valence-corrected chi connectivity index (χ1v) is 10.5.